The molecular formula is C17H22N2. The predicted molar refractivity (Wildman–Crippen MR) is 85.4 cm³/mol. The molecule has 3 aromatic rings. The van der Waals surface area contributed by atoms with Gasteiger partial charge in [-0.05, 0) is 25.1 Å². The second-order valence-electron chi connectivity index (χ2n) is 3.86. The van der Waals surface area contributed by atoms with Crippen LogP contribution in [0, 0.1) is 0 Å². The molecule has 0 aliphatic carbocycles. The van der Waals surface area contributed by atoms with E-state index in [0.29, 0.717) is 0 Å². The van der Waals surface area contributed by atoms with E-state index in [9.17, 15) is 0 Å². The number of aromatic nitrogens is 2. The summed E-state index contributed by atoms with van der Waals surface area (Å²) in [4.78, 5) is 4.41. The first-order chi connectivity index (χ1) is 9.29. The molecule has 0 fully saturated rings. The maximum atomic E-state index is 4.41. The first-order valence-electron chi connectivity index (χ1n) is 6.64. The molecule has 19 heavy (non-hydrogen) atoms. The van der Waals surface area contributed by atoms with E-state index in [-0.39, 0.29) is 0 Å². The maximum Gasteiger partial charge on any atom is 0.0959 e. The molecular weight excluding hydrogens is 232 g/mol. The number of aryl methyl sites for hydroxylation is 1. The average Bonchev–Trinajstić information content (AvgIpc) is 2.77. The highest BCUT2D eigenvalue weighted by atomic mass is 15.0. The summed E-state index contributed by atoms with van der Waals surface area (Å²) in [7, 11) is 2.08. The third-order valence-electron chi connectivity index (χ3n) is 2.67. The SMILES string of the molecule is C=CC.CC.Cn1c2ccccc2c2ncccc21. The molecule has 0 atom stereocenters. The molecule has 1 aromatic carbocycles. The largest absolute Gasteiger partial charge is 0.342 e. The van der Waals surface area contributed by atoms with Crippen LogP contribution in [-0.4, -0.2) is 9.55 Å². The number of rotatable bonds is 0. The van der Waals surface area contributed by atoms with Gasteiger partial charge in [0.2, 0.25) is 0 Å². The molecule has 2 heterocycles. The van der Waals surface area contributed by atoms with Crippen LogP contribution >= 0.6 is 0 Å². The number of hydrogen-bond donors (Lipinski definition) is 0. The number of hydrogen-bond acceptors (Lipinski definition) is 1. The van der Waals surface area contributed by atoms with Crippen molar-refractivity contribution in [3.63, 3.8) is 0 Å². The van der Waals surface area contributed by atoms with Gasteiger partial charge in [0.25, 0.3) is 0 Å². The van der Waals surface area contributed by atoms with Crippen LogP contribution in [-0.2, 0) is 7.05 Å². The van der Waals surface area contributed by atoms with E-state index >= 15 is 0 Å². The minimum absolute atomic E-state index is 1.09. The first-order valence-corrected chi connectivity index (χ1v) is 6.64. The normalized spacial score (nSPS) is 9.26. The Labute approximate surface area is 115 Å². The van der Waals surface area contributed by atoms with Gasteiger partial charge < -0.3 is 4.57 Å². The molecule has 0 bridgehead atoms. The summed E-state index contributed by atoms with van der Waals surface area (Å²) >= 11 is 0. The van der Waals surface area contributed by atoms with Gasteiger partial charge in [0.15, 0.2) is 0 Å². The summed E-state index contributed by atoms with van der Waals surface area (Å²) in [5, 5.41) is 1.23. The molecule has 100 valence electrons. The molecule has 0 spiro atoms. The number of pyridine rings is 1. The molecule has 3 rings (SSSR count). The summed E-state index contributed by atoms with van der Waals surface area (Å²) in [6.07, 6.45) is 3.59. The summed E-state index contributed by atoms with van der Waals surface area (Å²) in [5.41, 5.74) is 3.51. The second kappa shape index (κ2) is 7.37. The van der Waals surface area contributed by atoms with E-state index in [1.807, 2.05) is 33.0 Å². The zero-order valence-electron chi connectivity index (χ0n) is 12.2. The Morgan fingerprint density at radius 1 is 1.05 bits per heavy atom. The van der Waals surface area contributed by atoms with Crippen LogP contribution in [0.25, 0.3) is 21.9 Å². The average molecular weight is 254 g/mol. The Morgan fingerprint density at radius 3 is 2.32 bits per heavy atom. The van der Waals surface area contributed by atoms with Crippen LogP contribution in [0.4, 0.5) is 0 Å². The van der Waals surface area contributed by atoms with E-state index in [4.69, 9.17) is 0 Å². The fraction of sp³-hybridized carbons (Fsp3) is 0.235. The van der Waals surface area contributed by atoms with Gasteiger partial charge in [-0.25, -0.2) is 0 Å². The van der Waals surface area contributed by atoms with Crippen LogP contribution < -0.4 is 0 Å². The molecule has 0 aliphatic heterocycles. The van der Waals surface area contributed by atoms with Crippen LogP contribution in [0.2, 0.25) is 0 Å². The molecule has 0 N–H and O–H groups in total. The number of benzene rings is 1. The fourth-order valence-corrected chi connectivity index (χ4v) is 1.97. The molecule has 2 heteroatoms. The maximum absolute atomic E-state index is 4.41. The van der Waals surface area contributed by atoms with Crippen molar-refractivity contribution in [3.05, 3.63) is 55.3 Å². The quantitative estimate of drug-likeness (QED) is 0.519. The first kappa shape index (κ1) is 15.0. The molecule has 0 saturated carbocycles. The summed E-state index contributed by atoms with van der Waals surface area (Å²) in [6.45, 7) is 9.25. The van der Waals surface area contributed by atoms with Crippen molar-refractivity contribution >= 4 is 21.9 Å². The lowest BCUT2D eigenvalue weighted by Gasteiger charge is -1.95. The van der Waals surface area contributed by atoms with Gasteiger partial charge in [0, 0.05) is 18.6 Å². The van der Waals surface area contributed by atoms with Crippen molar-refractivity contribution < 1.29 is 0 Å². The van der Waals surface area contributed by atoms with Gasteiger partial charge in [-0.2, -0.15) is 0 Å². The van der Waals surface area contributed by atoms with Crippen molar-refractivity contribution in [1.29, 1.82) is 0 Å². The summed E-state index contributed by atoms with van der Waals surface area (Å²) in [6, 6.07) is 12.4. The Balaban J connectivity index is 0.000000321. The van der Waals surface area contributed by atoms with Crippen molar-refractivity contribution in [3.8, 4) is 0 Å². The number of para-hydroxylation sites is 1. The van der Waals surface area contributed by atoms with E-state index in [1.165, 1.54) is 16.4 Å². The highest BCUT2D eigenvalue weighted by Gasteiger charge is 2.06. The Kier molecular flexibility index (Phi) is 5.80. The van der Waals surface area contributed by atoms with Gasteiger partial charge in [-0.3, -0.25) is 4.98 Å². The Hall–Kier alpha value is -2.09. The van der Waals surface area contributed by atoms with Crippen LogP contribution in [0.1, 0.15) is 20.8 Å². The zero-order chi connectivity index (χ0) is 14.3. The van der Waals surface area contributed by atoms with Crippen molar-refractivity contribution in [2.24, 2.45) is 7.05 Å². The van der Waals surface area contributed by atoms with Gasteiger partial charge in [0.05, 0.1) is 16.6 Å². The van der Waals surface area contributed by atoms with Gasteiger partial charge in [0.1, 0.15) is 0 Å². The number of fused-ring (bicyclic) bond motifs is 3. The van der Waals surface area contributed by atoms with Gasteiger partial charge >= 0.3 is 0 Å². The summed E-state index contributed by atoms with van der Waals surface area (Å²) in [5.74, 6) is 0. The predicted octanol–water partition coefficient (Wildman–Crippen LogP) is 4.95. The smallest absolute Gasteiger partial charge is 0.0959 e. The van der Waals surface area contributed by atoms with Crippen LogP contribution in [0.15, 0.2) is 55.3 Å². The Morgan fingerprint density at radius 2 is 1.63 bits per heavy atom. The van der Waals surface area contributed by atoms with Crippen molar-refractivity contribution in [2.45, 2.75) is 20.8 Å². The van der Waals surface area contributed by atoms with Gasteiger partial charge in [-0.15, -0.1) is 6.58 Å². The molecule has 0 amide bonds. The van der Waals surface area contributed by atoms with E-state index in [0.717, 1.165) is 5.52 Å². The summed E-state index contributed by atoms with van der Waals surface area (Å²) < 4.78 is 2.18. The zero-order valence-corrected chi connectivity index (χ0v) is 12.2. The van der Waals surface area contributed by atoms with E-state index in [2.05, 4.69) is 53.5 Å². The third kappa shape index (κ3) is 3.02. The van der Waals surface area contributed by atoms with Crippen molar-refractivity contribution in [1.82, 2.24) is 9.55 Å². The fourth-order valence-electron chi connectivity index (χ4n) is 1.97. The standard InChI is InChI=1S/C12H10N2.C3H6.C2H6/c1-14-10-6-3-2-5-9(10)12-11(14)7-4-8-13-12;1-3-2;1-2/h2-8H,1H3;3H,1H2,2H3;1-2H3. The highest BCUT2D eigenvalue weighted by molar-refractivity contribution is 6.05. The minimum atomic E-state index is 1.09. The molecule has 0 unspecified atom stereocenters. The van der Waals surface area contributed by atoms with Crippen LogP contribution in [0.3, 0.4) is 0 Å². The Bertz CT molecular complexity index is 597. The number of nitrogens with zero attached hydrogens (tertiary/aromatic N) is 2. The molecule has 0 aliphatic rings. The molecule has 2 nitrogen and oxygen atoms in total. The lowest BCUT2D eigenvalue weighted by atomic mass is 10.2. The van der Waals surface area contributed by atoms with E-state index in [1.54, 1.807) is 6.08 Å². The second-order valence-corrected chi connectivity index (χ2v) is 3.86. The molecule has 0 radical (unpaired) electrons. The monoisotopic (exact) mass is 254 g/mol. The van der Waals surface area contributed by atoms with Crippen LogP contribution in [0.5, 0.6) is 0 Å². The number of allylic oxidation sites excluding steroid dienone is 1. The topological polar surface area (TPSA) is 17.8 Å². The lowest BCUT2D eigenvalue weighted by Crippen LogP contribution is -1.85. The molecule has 2 aromatic heterocycles. The lowest BCUT2D eigenvalue weighted by molar-refractivity contribution is 1.01. The van der Waals surface area contributed by atoms with Gasteiger partial charge in [-0.1, -0.05) is 38.1 Å². The highest BCUT2D eigenvalue weighted by Crippen LogP contribution is 2.25. The third-order valence-corrected chi connectivity index (χ3v) is 2.67. The molecule has 0 saturated heterocycles. The minimum Gasteiger partial charge on any atom is -0.342 e. The van der Waals surface area contributed by atoms with E-state index < -0.39 is 0 Å². The van der Waals surface area contributed by atoms with Crippen molar-refractivity contribution in [2.75, 3.05) is 0 Å².